The number of hydrogen-bond donors (Lipinski definition) is 2. The van der Waals surface area contributed by atoms with Gasteiger partial charge in [-0.15, -0.1) is 0 Å². The molecular weight excluding hydrogens is 214 g/mol. The van der Waals surface area contributed by atoms with Crippen molar-refractivity contribution < 1.29 is 4.79 Å². The van der Waals surface area contributed by atoms with Crippen molar-refractivity contribution in [2.24, 2.45) is 5.92 Å². The van der Waals surface area contributed by atoms with E-state index in [1.165, 1.54) is 0 Å². The topological polar surface area (TPSA) is 54.0 Å². The van der Waals surface area contributed by atoms with Crippen LogP contribution >= 0.6 is 0 Å². The fourth-order valence-corrected chi connectivity index (χ4v) is 1.28. The van der Waals surface area contributed by atoms with Crippen LogP contribution in [0.15, 0.2) is 18.3 Å². The largest absolute Gasteiger partial charge is 0.384 e. The zero-order valence-corrected chi connectivity index (χ0v) is 10.8. The highest BCUT2D eigenvalue weighted by molar-refractivity contribution is 5.92. The van der Waals surface area contributed by atoms with Crippen LogP contribution in [0.1, 0.15) is 37.7 Å². The van der Waals surface area contributed by atoms with Crippen LogP contribution in [-0.2, 0) is 0 Å². The fraction of sp³-hybridized carbons (Fsp3) is 0.538. The second-order valence-corrected chi connectivity index (χ2v) is 4.46. The average Bonchev–Trinajstić information content (AvgIpc) is 2.34. The quantitative estimate of drug-likeness (QED) is 0.795. The SMILES string of the molecule is CCCNC(=O)c1ccc(NCC(C)C)cn1. The van der Waals surface area contributed by atoms with Gasteiger partial charge in [0.05, 0.1) is 11.9 Å². The number of nitrogens with one attached hydrogen (secondary N) is 2. The van der Waals surface area contributed by atoms with Crippen molar-refractivity contribution in [1.82, 2.24) is 10.3 Å². The smallest absolute Gasteiger partial charge is 0.269 e. The van der Waals surface area contributed by atoms with Crippen molar-refractivity contribution >= 4 is 11.6 Å². The van der Waals surface area contributed by atoms with Crippen LogP contribution < -0.4 is 10.6 Å². The first-order chi connectivity index (χ1) is 8.13. The van der Waals surface area contributed by atoms with Gasteiger partial charge in [0.15, 0.2) is 0 Å². The summed E-state index contributed by atoms with van der Waals surface area (Å²) in [6.45, 7) is 7.91. The minimum atomic E-state index is -0.109. The molecule has 0 bridgehead atoms. The van der Waals surface area contributed by atoms with Crippen LogP contribution in [0.2, 0.25) is 0 Å². The predicted molar refractivity (Wildman–Crippen MR) is 70.2 cm³/mol. The number of pyridine rings is 1. The van der Waals surface area contributed by atoms with Crippen LogP contribution in [0, 0.1) is 5.92 Å². The van der Waals surface area contributed by atoms with E-state index in [0.717, 1.165) is 18.7 Å². The maximum absolute atomic E-state index is 11.6. The molecule has 0 fully saturated rings. The minimum absolute atomic E-state index is 0.109. The second kappa shape index (κ2) is 6.89. The van der Waals surface area contributed by atoms with Crippen molar-refractivity contribution in [1.29, 1.82) is 0 Å². The van der Waals surface area contributed by atoms with E-state index in [1.54, 1.807) is 12.3 Å². The molecule has 1 aromatic heterocycles. The van der Waals surface area contributed by atoms with Gasteiger partial charge < -0.3 is 10.6 Å². The van der Waals surface area contributed by atoms with E-state index in [4.69, 9.17) is 0 Å². The number of nitrogens with zero attached hydrogens (tertiary/aromatic N) is 1. The molecule has 94 valence electrons. The average molecular weight is 235 g/mol. The molecule has 0 aliphatic carbocycles. The summed E-state index contributed by atoms with van der Waals surface area (Å²) >= 11 is 0. The first-order valence-corrected chi connectivity index (χ1v) is 6.11. The second-order valence-electron chi connectivity index (χ2n) is 4.46. The van der Waals surface area contributed by atoms with Crippen molar-refractivity contribution in [2.45, 2.75) is 27.2 Å². The van der Waals surface area contributed by atoms with E-state index in [1.807, 2.05) is 13.0 Å². The molecular formula is C13H21N3O. The monoisotopic (exact) mass is 235 g/mol. The Kier molecular flexibility index (Phi) is 5.46. The van der Waals surface area contributed by atoms with Crippen LogP contribution in [0.4, 0.5) is 5.69 Å². The van der Waals surface area contributed by atoms with Crippen molar-refractivity contribution in [3.05, 3.63) is 24.0 Å². The van der Waals surface area contributed by atoms with Gasteiger partial charge in [0.1, 0.15) is 5.69 Å². The van der Waals surface area contributed by atoms with Crippen molar-refractivity contribution in [3.63, 3.8) is 0 Å². The molecule has 0 saturated heterocycles. The molecule has 0 saturated carbocycles. The third-order valence-corrected chi connectivity index (χ3v) is 2.25. The lowest BCUT2D eigenvalue weighted by molar-refractivity contribution is 0.0949. The predicted octanol–water partition coefficient (Wildman–Crippen LogP) is 2.29. The highest BCUT2D eigenvalue weighted by Crippen LogP contribution is 2.07. The van der Waals surface area contributed by atoms with E-state index >= 15 is 0 Å². The molecule has 1 aromatic rings. The molecule has 1 rings (SSSR count). The first kappa shape index (κ1) is 13.5. The standard InChI is InChI=1S/C13H21N3O/c1-4-7-14-13(17)12-6-5-11(9-16-12)15-8-10(2)3/h5-6,9-10,15H,4,7-8H2,1-3H3,(H,14,17). The summed E-state index contributed by atoms with van der Waals surface area (Å²) in [5.41, 5.74) is 1.42. The maximum Gasteiger partial charge on any atom is 0.269 e. The van der Waals surface area contributed by atoms with E-state index in [-0.39, 0.29) is 5.91 Å². The summed E-state index contributed by atoms with van der Waals surface area (Å²) in [7, 11) is 0. The zero-order chi connectivity index (χ0) is 12.7. The van der Waals surface area contributed by atoms with E-state index in [0.29, 0.717) is 18.2 Å². The summed E-state index contributed by atoms with van der Waals surface area (Å²) in [6, 6.07) is 3.63. The molecule has 0 spiro atoms. The van der Waals surface area contributed by atoms with Crippen LogP contribution in [0.3, 0.4) is 0 Å². The Balaban J connectivity index is 2.52. The van der Waals surface area contributed by atoms with Gasteiger partial charge >= 0.3 is 0 Å². The van der Waals surface area contributed by atoms with E-state index in [2.05, 4.69) is 29.5 Å². The van der Waals surface area contributed by atoms with Gasteiger partial charge in [0, 0.05) is 13.1 Å². The van der Waals surface area contributed by atoms with Crippen molar-refractivity contribution in [3.8, 4) is 0 Å². The van der Waals surface area contributed by atoms with Crippen LogP contribution in [0.5, 0.6) is 0 Å². The Morgan fingerprint density at radius 1 is 1.41 bits per heavy atom. The lowest BCUT2D eigenvalue weighted by atomic mass is 10.2. The molecule has 1 heterocycles. The lowest BCUT2D eigenvalue weighted by Gasteiger charge is -2.09. The Morgan fingerprint density at radius 2 is 2.18 bits per heavy atom. The van der Waals surface area contributed by atoms with Gasteiger partial charge in [-0.3, -0.25) is 4.79 Å². The summed E-state index contributed by atoms with van der Waals surface area (Å²) < 4.78 is 0. The van der Waals surface area contributed by atoms with E-state index < -0.39 is 0 Å². The molecule has 17 heavy (non-hydrogen) atoms. The minimum Gasteiger partial charge on any atom is -0.384 e. The number of hydrogen-bond acceptors (Lipinski definition) is 3. The molecule has 0 radical (unpaired) electrons. The number of anilines is 1. The molecule has 0 aliphatic rings. The molecule has 0 aliphatic heterocycles. The van der Waals surface area contributed by atoms with E-state index in [9.17, 15) is 4.79 Å². The molecule has 1 amide bonds. The van der Waals surface area contributed by atoms with Gasteiger partial charge in [-0.05, 0) is 24.5 Å². The summed E-state index contributed by atoms with van der Waals surface area (Å²) in [4.78, 5) is 15.7. The van der Waals surface area contributed by atoms with Gasteiger partial charge in [-0.2, -0.15) is 0 Å². The molecule has 4 heteroatoms. The highest BCUT2D eigenvalue weighted by atomic mass is 16.1. The fourth-order valence-electron chi connectivity index (χ4n) is 1.28. The Labute approximate surface area is 103 Å². The number of rotatable bonds is 6. The molecule has 0 unspecified atom stereocenters. The zero-order valence-electron chi connectivity index (χ0n) is 10.8. The van der Waals surface area contributed by atoms with Crippen molar-refractivity contribution in [2.75, 3.05) is 18.4 Å². The van der Waals surface area contributed by atoms with Gasteiger partial charge in [0.2, 0.25) is 0 Å². The lowest BCUT2D eigenvalue weighted by Crippen LogP contribution is -2.24. The molecule has 2 N–H and O–H groups in total. The van der Waals surface area contributed by atoms with Crippen LogP contribution in [-0.4, -0.2) is 24.0 Å². The Hall–Kier alpha value is -1.58. The summed E-state index contributed by atoms with van der Waals surface area (Å²) in [5.74, 6) is 0.477. The first-order valence-electron chi connectivity index (χ1n) is 6.11. The molecule has 0 aromatic carbocycles. The summed E-state index contributed by atoms with van der Waals surface area (Å²) in [5, 5.41) is 6.06. The third-order valence-electron chi connectivity index (χ3n) is 2.25. The normalized spacial score (nSPS) is 10.4. The number of carbonyl (C=O) groups is 1. The number of carbonyl (C=O) groups excluding carboxylic acids is 1. The Bertz CT molecular complexity index is 346. The number of aromatic nitrogens is 1. The van der Waals surface area contributed by atoms with Gasteiger partial charge in [-0.25, -0.2) is 4.98 Å². The Morgan fingerprint density at radius 3 is 2.71 bits per heavy atom. The third kappa shape index (κ3) is 4.85. The molecule has 4 nitrogen and oxygen atoms in total. The maximum atomic E-state index is 11.6. The van der Waals surface area contributed by atoms with Gasteiger partial charge in [0.25, 0.3) is 5.91 Å². The summed E-state index contributed by atoms with van der Waals surface area (Å²) in [6.07, 6.45) is 2.63. The van der Waals surface area contributed by atoms with Gasteiger partial charge in [-0.1, -0.05) is 20.8 Å². The number of amides is 1. The van der Waals surface area contributed by atoms with Crippen LogP contribution in [0.25, 0.3) is 0 Å². The highest BCUT2D eigenvalue weighted by Gasteiger charge is 2.05. The molecule has 0 atom stereocenters.